The molecule has 2 amide bonds. The molecule has 1 aliphatic rings. The summed E-state index contributed by atoms with van der Waals surface area (Å²) in [6.45, 7) is 3.55. The molecular formula is C16H21N5O2. The Morgan fingerprint density at radius 2 is 2.30 bits per heavy atom. The molecule has 0 radical (unpaired) electrons. The van der Waals surface area contributed by atoms with E-state index in [4.69, 9.17) is 0 Å². The molecule has 2 aromatic heterocycles. The fourth-order valence-electron chi connectivity index (χ4n) is 2.89. The number of hydrogen-bond acceptors (Lipinski definition) is 4. The van der Waals surface area contributed by atoms with E-state index in [0.717, 1.165) is 19.4 Å². The van der Waals surface area contributed by atoms with Gasteiger partial charge >= 0.3 is 0 Å². The maximum Gasteiger partial charge on any atom is 0.272 e. The van der Waals surface area contributed by atoms with Gasteiger partial charge < -0.3 is 10.2 Å². The number of rotatable bonds is 4. The van der Waals surface area contributed by atoms with Crippen LogP contribution in [0.15, 0.2) is 24.5 Å². The number of hydrogen-bond donors (Lipinski definition) is 1. The van der Waals surface area contributed by atoms with Crippen LogP contribution in [0.2, 0.25) is 0 Å². The molecule has 0 bridgehead atoms. The van der Waals surface area contributed by atoms with Gasteiger partial charge in [-0.05, 0) is 25.3 Å². The molecule has 3 rings (SSSR count). The molecule has 1 saturated heterocycles. The van der Waals surface area contributed by atoms with Gasteiger partial charge in [0.1, 0.15) is 0 Å². The van der Waals surface area contributed by atoms with Crippen molar-refractivity contribution in [3.05, 3.63) is 30.2 Å². The van der Waals surface area contributed by atoms with Crippen LogP contribution in [-0.4, -0.2) is 50.4 Å². The molecule has 0 spiro atoms. The molecule has 0 saturated carbocycles. The average molecular weight is 315 g/mol. The van der Waals surface area contributed by atoms with Crippen molar-refractivity contribution < 1.29 is 9.59 Å². The molecular weight excluding hydrogens is 294 g/mol. The molecule has 7 heteroatoms. The molecule has 1 atom stereocenters. The smallest absolute Gasteiger partial charge is 0.272 e. The van der Waals surface area contributed by atoms with Crippen molar-refractivity contribution in [2.24, 2.45) is 0 Å². The third kappa shape index (κ3) is 3.49. The van der Waals surface area contributed by atoms with Crippen LogP contribution in [0.5, 0.6) is 0 Å². The van der Waals surface area contributed by atoms with Crippen molar-refractivity contribution in [3.63, 3.8) is 0 Å². The third-order valence-electron chi connectivity index (χ3n) is 4.10. The zero-order valence-electron chi connectivity index (χ0n) is 13.2. The topological polar surface area (TPSA) is 79.6 Å². The zero-order chi connectivity index (χ0) is 16.2. The maximum atomic E-state index is 12.4. The van der Waals surface area contributed by atoms with Crippen molar-refractivity contribution in [3.8, 4) is 0 Å². The van der Waals surface area contributed by atoms with Crippen LogP contribution in [0.4, 0.5) is 0 Å². The Bertz CT molecular complexity index is 678. The van der Waals surface area contributed by atoms with Crippen LogP contribution >= 0.6 is 0 Å². The van der Waals surface area contributed by atoms with Crippen LogP contribution in [0.1, 0.15) is 43.1 Å². The lowest BCUT2D eigenvalue weighted by atomic mass is 10.1. The second kappa shape index (κ2) is 6.76. The van der Waals surface area contributed by atoms with E-state index in [9.17, 15) is 9.59 Å². The van der Waals surface area contributed by atoms with Crippen molar-refractivity contribution >= 4 is 17.5 Å². The highest BCUT2D eigenvalue weighted by molar-refractivity contribution is 5.93. The van der Waals surface area contributed by atoms with Gasteiger partial charge in [0.15, 0.2) is 11.3 Å². The SMILES string of the molecule is CCCN1CCC(NC(=O)c2cc3ncccn3n2)CCC1=O. The van der Waals surface area contributed by atoms with E-state index in [1.165, 1.54) is 0 Å². The first-order chi connectivity index (χ1) is 11.2. The molecule has 0 aliphatic carbocycles. The summed E-state index contributed by atoms with van der Waals surface area (Å²) < 4.78 is 1.58. The summed E-state index contributed by atoms with van der Waals surface area (Å²) in [5, 5.41) is 7.22. The van der Waals surface area contributed by atoms with Gasteiger partial charge in [-0.2, -0.15) is 5.10 Å². The summed E-state index contributed by atoms with van der Waals surface area (Å²) >= 11 is 0. The number of nitrogens with zero attached hydrogens (tertiary/aromatic N) is 4. The van der Waals surface area contributed by atoms with Gasteiger partial charge in [0.25, 0.3) is 5.91 Å². The second-order valence-electron chi connectivity index (χ2n) is 5.83. The Morgan fingerprint density at radius 3 is 3.09 bits per heavy atom. The van der Waals surface area contributed by atoms with E-state index in [2.05, 4.69) is 22.3 Å². The first-order valence-electron chi connectivity index (χ1n) is 8.06. The number of carbonyl (C=O) groups excluding carboxylic acids is 2. The van der Waals surface area contributed by atoms with Crippen molar-refractivity contribution in [2.45, 2.75) is 38.6 Å². The predicted octanol–water partition coefficient (Wildman–Crippen LogP) is 1.25. The quantitative estimate of drug-likeness (QED) is 0.921. The summed E-state index contributed by atoms with van der Waals surface area (Å²) in [6, 6.07) is 3.44. The van der Waals surface area contributed by atoms with E-state index < -0.39 is 0 Å². The van der Waals surface area contributed by atoms with Gasteiger partial charge in [0.2, 0.25) is 5.91 Å². The van der Waals surface area contributed by atoms with E-state index >= 15 is 0 Å². The van der Waals surface area contributed by atoms with Crippen LogP contribution in [0.25, 0.3) is 5.65 Å². The summed E-state index contributed by atoms with van der Waals surface area (Å²) in [5.74, 6) is -0.0302. The zero-order valence-corrected chi connectivity index (χ0v) is 13.2. The minimum atomic E-state index is -0.211. The Labute approximate surface area is 134 Å². The maximum absolute atomic E-state index is 12.4. The van der Waals surface area contributed by atoms with Crippen molar-refractivity contribution in [1.29, 1.82) is 0 Å². The Balaban J connectivity index is 1.64. The van der Waals surface area contributed by atoms with Crippen molar-refractivity contribution in [1.82, 2.24) is 24.8 Å². The van der Waals surface area contributed by atoms with Gasteiger partial charge in [-0.3, -0.25) is 9.59 Å². The standard InChI is InChI=1S/C16H21N5O2/c1-2-8-20-10-6-12(4-5-15(20)22)18-16(23)13-11-14-17-7-3-9-21(14)19-13/h3,7,9,11-12H,2,4-6,8,10H2,1H3,(H,18,23). The van der Waals surface area contributed by atoms with E-state index in [1.807, 2.05) is 4.90 Å². The molecule has 3 heterocycles. The van der Waals surface area contributed by atoms with Crippen molar-refractivity contribution in [2.75, 3.05) is 13.1 Å². The molecule has 1 unspecified atom stereocenters. The summed E-state index contributed by atoms with van der Waals surface area (Å²) in [6.07, 6.45) is 6.32. The van der Waals surface area contributed by atoms with E-state index in [1.54, 1.807) is 29.0 Å². The normalized spacial score (nSPS) is 18.9. The predicted molar refractivity (Wildman–Crippen MR) is 85.0 cm³/mol. The fraction of sp³-hybridized carbons (Fsp3) is 0.500. The second-order valence-corrected chi connectivity index (χ2v) is 5.83. The van der Waals surface area contributed by atoms with E-state index in [-0.39, 0.29) is 17.9 Å². The molecule has 2 aromatic rings. The third-order valence-corrected chi connectivity index (χ3v) is 4.10. The minimum absolute atomic E-state index is 0.00563. The van der Waals surface area contributed by atoms with Gasteiger partial charge in [-0.15, -0.1) is 0 Å². The monoisotopic (exact) mass is 315 g/mol. The molecule has 1 aliphatic heterocycles. The number of fused-ring (bicyclic) bond motifs is 1. The first kappa shape index (κ1) is 15.5. The van der Waals surface area contributed by atoms with Crippen LogP contribution in [-0.2, 0) is 4.79 Å². The number of likely N-dealkylation sites (tertiary alicyclic amines) is 1. The van der Waals surface area contributed by atoms with Crippen LogP contribution in [0.3, 0.4) is 0 Å². The van der Waals surface area contributed by atoms with Gasteiger partial charge in [-0.25, -0.2) is 9.50 Å². The Hall–Kier alpha value is -2.44. The Kier molecular flexibility index (Phi) is 4.55. The highest BCUT2D eigenvalue weighted by Crippen LogP contribution is 2.13. The summed E-state index contributed by atoms with van der Waals surface area (Å²) in [5.41, 5.74) is 0.993. The molecule has 1 N–H and O–H groups in total. The fourth-order valence-corrected chi connectivity index (χ4v) is 2.89. The van der Waals surface area contributed by atoms with Crippen LogP contribution in [0, 0.1) is 0 Å². The molecule has 122 valence electrons. The highest BCUT2D eigenvalue weighted by Gasteiger charge is 2.24. The van der Waals surface area contributed by atoms with E-state index in [0.29, 0.717) is 30.7 Å². The van der Waals surface area contributed by atoms with Gasteiger partial charge in [0.05, 0.1) is 0 Å². The lowest BCUT2D eigenvalue weighted by molar-refractivity contribution is -0.130. The summed E-state index contributed by atoms with van der Waals surface area (Å²) in [4.78, 5) is 30.4. The average Bonchev–Trinajstić information content (AvgIpc) is 2.92. The number of carbonyl (C=O) groups is 2. The number of nitrogens with one attached hydrogen (secondary N) is 1. The first-order valence-corrected chi connectivity index (χ1v) is 8.06. The molecule has 7 nitrogen and oxygen atoms in total. The lowest BCUT2D eigenvalue weighted by Gasteiger charge is -2.20. The molecule has 23 heavy (non-hydrogen) atoms. The van der Waals surface area contributed by atoms with Crippen LogP contribution < -0.4 is 5.32 Å². The summed E-state index contributed by atoms with van der Waals surface area (Å²) in [7, 11) is 0. The van der Waals surface area contributed by atoms with Gasteiger partial charge in [0, 0.05) is 44.0 Å². The highest BCUT2D eigenvalue weighted by atomic mass is 16.2. The number of amides is 2. The Morgan fingerprint density at radius 1 is 1.43 bits per heavy atom. The number of aromatic nitrogens is 3. The lowest BCUT2D eigenvalue weighted by Crippen LogP contribution is -2.36. The largest absolute Gasteiger partial charge is 0.348 e. The minimum Gasteiger partial charge on any atom is -0.348 e. The molecule has 1 fully saturated rings. The van der Waals surface area contributed by atoms with Gasteiger partial charge in [-0.1, -0.05) is 6.92 Å². The molecule has 0 aromatic carbocycles.